The predicted octanol–water partition coefficient (Wildman–Crippen LogP) is 4.37. The zero-order valence-electron chi connectivity index (χ0n) is 19.7. The van der Waals surface area contributed by atoms with Crippen molar-refractivity contribution in [1.82, 2.24) is 4.57 Å². The van der Waals surface area contributed by atoms with Gasteiger partial charge in [0.15, 0.2) is 10.6 Å². The number of allylic oxidation sites excluding steroid dienone is 1. The van der Waals surface area contributed by atoms with Crippen LogP contribution in [0.25, 0.3) is 11.8 Å². The Kier molecular flexibility index (Phi) is 5.57. The first-order chi connectivity index (χ1) is 17.9. The van der Waals surface area contributed by atoms with E-state index in [4.69, 9.17) is 9.73 Å². The Hall–Kier alpha value is -4.37. The number of hydrogen-bond donors (Lipinski definition) is 0. The minimum Gasteiger partial charge on any atom is -0.490 e. The zero-order valence-corrected chi connectivity index (χ0v) is 20.5. The van der Waals surface area contributed by atoms with E-state index in [0.29, 0.717) is 14.9 Å². The van der Waals surface area contributed by atoms with Gasteiger partial charge in [-0.25, -0.2) is 9.38 Å². The molecule has 37 heavy (non-hydrogen) atoms. The van der Waals surface area contributed by atoms with Gasteiger partial charge in [0.05, 0.1) is 28.3 Å². The predicted molar refractivity (Wildman–Crippen MR) is 139 cm³/mol. The number of halogens is 1. The van der Waals surface area contributed by atoms with E-state index in [0.717, 1.165) is 35.2 Å². The third-order valence-electron chi connectivity index (χ3n) is 6.76. The molecular weight excluding hydrogens is 493 g/mol. The van der Waals surface area contributed by atoms with Crippen LogP contribution in [0.3, 0.4) is 0 Å². The van der Waals surface area contributed by atoms with Crippen molar-refractivity contribution >= 4 is 28.8 Å². The molecule has 1 aliphatic carbocycles. The summed E-state index contributed by atoms with van der Waals surface area (Å²) in [6, 6.07) is 18.5. The zero-order chi connectivity index (χ0) is 25.7. The van der Waals surface area contributed by atoms with Crippen LogP contribution in [0.1, 0.15) is 34.7 Å². The Morgan fingerprint density at radius 2 is 1.92 bits per heavy atom. The minimum atomic E-state index is -0.516. The van der Waals surface area contributed by atoms with E-state index in [1.54, 1.807) is 28.8 Å². The van der Waals surface area contributed by atoms with Gasteiger partial charge < -0.3 is 4.74 Å². The molecule has 0 saturated heterocycles. The molecule has 1 unspecified atom stereocenters. The van der Waals surface area contributed by atoms with Crippen molar-refractivity contribution in [2.24, 2.45) is 4.99 Å². The van der Waals surface area contributed by atoms with Crippen LogP contribution in [0.15, 0.2) is 82.1 Å². The summed E-state index contributed by atoms with van der Waals surface area (Å²) in [4.78, 5) is 30.2. The van der Waals surface area contributed by atoms with Crippen LogP contribution in [0, 0.1) is 15.9 Å². The molecule has 1 aliphatic heterocycles. The third kappa shape index (κ3) is 3.88. The average Bonchev–Trinajstić information content (AvgIpc) is 3.22. The monoisotopic (exact) mass is 513 g/mol. The van der Waals surface area contributed by atoms with Crippen molar-refractivity contribution in [2.75, 3.05) is 7.11 Å². The quantitative estimate of drug-likeness (QED) is 0.300. The Bertz CT molecular complexity index is 1790. The molecule has 2 heterocycles. The molecule has 0 spiro atoms. The van der Waals surface area contributed by atoms with Crippen molar-refractivity contribution in [3.8, 4) is 5.75 Å². The second-order valence-corrected chi connectivity index (χ2v) is 9.86. The number of aromatic nitrogens is 1. The van der Waals surface area contributed by atoms with Crippen molar-refractivity contribution < 1.29 is 14.1 Å². The van der Waals surface area contributed by atoms with E-state index in [9.17, 15) is 19.3 Å². The van der Waals surface area contributed by atoms with E-state index >= 15 is 0 Å². The second-order valence-electron chi connectivity index (χ2n) is 8.85. The van der Waals surface area contributed by atoms with Crippen molar-refractivity contribution in [2.45, 2.75) is 18.9 Å². The van der Waals surface area contributed by atoms with Gasteiger partial charge in [-0.15, -0.1) is 0 Å². The molecule has 4 aromatic rings. The summed E-state index contributed by atoms with van der Waals surface area (Å²) >= 11 is 1.23. The molecule has 0 fully saturated rings. The number of methoxy groups -OCH3 is 1. The largest absolute Gasteiger partial charge is 0.490 e. The van der Waals surface area contributed by atoms with Gasteiger partial charge in [-0.05, 0) is 59.4 Å². The molecule has 0 radical (unpaired) electrons. The van der Waals surface area contributed by atoms with Crippen LogP contribution in [0.5, 0.6) is 5.75 Å². The van der Waals surface area contributed by atoms with E-state index in [1.165, 1.54) is 48.3 Å². The molecule has 0 amide bonds. The first kappa shape index (κ1) is 23.1. The molecule has 1 aromatic heterocycles. The summed E-state index contributed by atoms with van der Waals surface area (Å²) in [5.41, 5.74) is 4.99. The average molecular weight is 514 g/mol. The molecule has 2 aliphatic rings. The van der Waals surface area contributed by atoms with Gasteiger partial charge in [0.25, 0.3) is 5.56 Å². The van der Waals surface area contributed by atoms with Crippen LogP contribution in [0.4, 0.5) is 10.1 Å². The lowest BCUT2D eigenvalue weighted by atomic mass is 9.83. The number of nitrogens with zero attached hydrogens (tertiary/aromatic N) is 3. The Balaban J connectivity index is 1.58. The lowest BCUT2D eigenvalue weighted by Crippen LogP contribution is -2.38. The standard InChI is InChI=1S/C28H20FN3O4S/c1-36-23-13-6-16(14-22(23)32(34)35)15-24-27(33)31-26(18-7-10-19(29)11-8-18)21-12-9-17-4-2-3-5-20(17)25(21)30-28(31)37-24/h2-8,10-11,13-15,26H,9,12H2,1H3. The Morgan fingerprint density at radius 3 is 2.68 bits per heavy atom. The van der Waals surface area contributed by atoms with E-state index < -0.39 is 11.0 Å². The topological polar surface area (TPSA) is 86.7 Å². The second kappa shape index (κ2) is 8.94. The first-order valence-corrected chi connectivity index (χ1v) is 12.5. The highest BCUT2D eigenvalue weighted by Gasteiger charge is 2.32. The fourth-order valence-electron chi connectivity index (χ4n) is 5.06. The SMILES string of the molecule is COc1ccc(C=c2sc3n(c2=O)C(c2ccc(F)cc2)C2=C(N=3)c3ccccc3CC2)cc1[N+](=O)[O-]. The molecule has 0 bridgehead atoms. The highest BCUT2D eigenvalue weighted by Crippen LogP contribution is 2.41. The van der Waals surface area contributed by atoms with Crippen molar-refractivity contribution in [3.05, 3.63) is 130 Å². The lowest BCUT2D eigenvalue weighted by Gasteiger charge is -2.30. The summed E-state index contributed by atoms with van der Waals surface area (Å²) in [6.45, 7) is 0. The van der Waals surface area contributed by atoms with Gasteiger partial charge in [0.1, 0.15) is 5.82 Å². The molecule has 0 N–H and O–H groups in total. The summed E-state index contributed by atoms with van der Waals surface area (Å²) in [7, 11) is 1.37. The molecule has 1 atom stereocenters. The van der Waals surface area contributed by atoms with Gasteiger partial charge in [0.2, 0.25) is 0 Å². The molecule has 0 saturated carbocycles. The van der Waals surface area contributed by atoms with Gasteiger partial charge in [0, 0.05) is 11.6 Å². The van der Waals surface area contributed by atoms with E-state index in [2.05, 4.69) is 6.07 Å². The van der Waals surface area contributed by atoms with Crippen LogP contribution >= 0.6 is 11.3 Å². The number of nitro benzene ring substituents is 1. The number of aryl methyl sites for hydroxylation is 1. The lowest BCUT2D eigenvalue weighted by molar-refractivity contribution is -0.385. The Labute approximate surface area is 214 Å². The summed E-state index contributed by atoms with van der Waals surface area (Å²) in [5.74, 6) is -0.202. The van der Waals surface area contributed by atoms with Gasteiger partial charge in [-0.2, -0.15) is 0 Å². The van der Waals surface area contributed by atoms with Crippen LogP contribution in [0.2, 0.25) is 0 Å². The summed E-state index contributed by atoms with van der Waals surface area (Å²) < 4.78 is 20.9. The third-order valence-corrected chi connectivity index (χ3v) is 7.74. The van der Waals surface area contributed by atoms with Crippen molar-refractivity contribution in [3.63, 3.8) is 0 Å². The molecule has 7 nitrogen and oxygen atoms in total. The maximum Gasteiger partial charge on any atom is 0.311 e. The van der Waals surface area contributed by atoms with Crippen LogP contribution in [-0.4, -0.2) is 16.6 Å². The maximum absolute atomic E-state index is 13.8. The fraction of sp³-hybridized carbons (Fsp3) is 0.143. The van der Waals surface area contributed by atoms with Gasteiger partial charge in [-0.1, -0.05) is 53.8 Å². The van der Waals surface area contributed by atoms with Crippen molar-refractivity contribution in [1.29, 1.82) is 0 Å². The normalized spacial score (nSPS) is 16.5. The number of hydrogen-bond acceptors (Lipinski definition) is 6. The molecular formula is C28H20FN3O4S. The smallest absolute Gasteiger partial charge is 0.311 e. The fourth-order valence-corrected chi connectivity index (χ4v) is 6.06. The van der Waals surface area contributed by atoms with Crippen LogP contribution in [-0.2, 0) is 6.42 Å². The number of ether oxygens (including phenoxy) is 1. The minimum absolute atomic E-state index is 0.145. The molecule has 184 valence electrons. The summed E-state index contributed by atoms with van der Waals surface area (Å²) in [5, 5.41) is 11.5. The Morgan fingerprint density at radius 1 is 1.14 bits per heavy atom. The van der Waals surface area contributed by atoms with Gasteiger partial charge >= 0.3 is 5.69 Å². The highest BCUT2D eigenvalue weighted by atomic mass is 32.1. The number of benzene rings is 3. The van der Waals surface area contributed by atoms with E-state index in [1.807, 2.05) is 18.2 Å². The van der Waals surface area contributed by atoms with Crippen LogP contribution < -0.4 is 19.6 Å². The molecule has 6 rings (SSSR count). The molecule has 9 heteroatoms. The summed E-state index contributed by atoms with van der Waals surface area (Å²) in [6.07, 6.45) is 3.18. The maximum atomic E-state index is 13.8. The number of fused-ring (bicyclic) bond motifs is 3. The van der Waals surface area contributed by atoms with E-state index in [-0.39, 0.29) is 22.8 Å². The number of nitro groups is 1. The number of thiazole rings is 1. The first-order valence-electron chi connectivity index (χ1n) is 11.7. The highest BCUT2D eigenvalue weighted by molar-refractivity contribution is 7.07. The van der Waals surface area contributed by atoms with Gasteiger partial charge in [-0.3, -0.25) is 19.5 Å². The number of rotatable bonds is 4. The molecule has 3 aromatic carbocycles.